The molecule has 5 heteroatoms. The number of nitrogens with one attached hydrogen (secondary N) is 1. The second-order valence-corrected chi connectivity index (χ2v) is 5.00. The molecule has 0 saturated carbocycles. The highest BCUT2D eigenvalue weighted by molar-refractivity contribution is 6.42. The number of benzene rings is 1. The lowest BCUT2D eigenvalue weighted by Gasteiger charge is -2.20. The van der Waals surface area contributed by atoms with Gasteiger partial charge in [0.25, 0.3) is 5.91 Å². The van der Waals surface area contributed by atoms with E-state index in [0.717, 1.165) is 0 Å². The number of hydrogen-bond acceptors (Lipinski definition) is 2. The van der Waals surface area contributed by atoms with Crippen LogP contribution in [-0.4, -0.2) is 18.5 Å². The molecule has 1 aromatic rings. The fraction of sp³-hybridized carbons (Fsp3) is 0.417. The van der Waals surface area contributed by atoms with E-state index < -0.39 is 0 Å². The molecule has 94 valence electrons. The van der Waals surface area contributed by atoms with Gasteiger partial charge in [-0.2, -0.15) is 0 Å². The minimum Gasteiger partial charge on any atom is -0.348 e. The first-order valence-corrected chi connectivity index (χ1v) is 6.17. The van der Waals surface area contributed by atoms with Crippen LogP contribution in [0.5, 0.6) is 0 Å². The molecule has 1 unspecified atom stereocenters. The minimum atomic E-state index is -0.187. The summed E-state index contributed by atoms with van der Waals surface area (Å²) in [5.41, 5.74) is 6.08. The van der Waals surface area contributed by atoms with Crippen LogP contribution in [0.4, 0.5) is 0 Å². The van der Waals surface area contributed by atoms with Crippen molar-refractivity contribution in [1.29, 1.82) is 0 Å². The van der Waals surface area contributed by atoms with Crippen molar-refractivity contribution in [2.75, 3.05) is 6.54 Å². The van der Waals surface area contributed by atoms with E-state index in [1.807, 2.05) is 13.8 Å². The van der Waals surface area contributed by atoms with Crippen molar-refractivity contribution < 1.29 is 4.79 Å². The Morgan fingerprint density at radius 3 is 2.47 bits per heavy atom. The van der Waals surface area contributed by atoms with E-state index >= 15 is 0 Å². The van der Waals surface area contributed by atoms with Gasteiger partial charge >= 0.3 is 0 Å². The smallest absolute Gasteiger partial charge is 0.251 e. The van der Waals surface area contributed by atoms with Gasteiger partial charge in [0.05, 0.1) is 10.0 Å². The summed E-state index contributed by atoms with van der Waals surface area (Å²) < 4.78 is 0. The molecule has 0 radical (unpaired) electrons. The zero-order chi connectivity index (χ0) is 13.0. The predicted molar refractivity (Wildman–Crippen MR) is 71.6 cm³/mol. The zero-order valence-corrected chi connectivity index (χ0v) is 11.3. The Morgan fingerprint density at radius 2 is 2.00 bits per heavy atom. The molecule has 17 heavy (non-hydrogen) atoms. The monoisotopic (exact) mass is 274 g/mol. The summed E-state index contributed by atoms with van der Waals surface area (Å²) in [4.78, 5) is 11.9. The summed E-state index contributed by atoms with van der Waals surface area (Å²) in [7, 11) is 0. The molecule has 0 aliphatic carbocycles. The average Bonchev–Trinajstić information content (AvgIpc) is 2.28. The molecule has 3 nitrogen and oxygen atoms in total. The Kier molecular flexibility index (Phi) is 5.25. The highest BCUT2D eigenvalue weighted by Crippen LogP contribution is 2.22. The van der Waals surface area contributed by atoms with Crippen molar-refractivity contribution in [3.63, 3.8) is 0 Å². The first-order chi connectivity index (χ1) is 7.95. The Labute approximate surface area is 111 Å². The summed E-state index contributed by atoms with van der Waals surface area (Å²) in [5, 5.41) is 3.66. The minimum absolute atomic E-state index is 0.0445. The molecule has 0 bridgehead atoms. The van der Waals surface area contributed by atoms with Crippen molar-refractivity contribution in [3.05, 3.63) is 33.8 Å². The Balaban J connectivity index is 2.79. The molecule has 0 saturated heterocycles. The summed E-state index contributed by atoms with van der Waals surface area (Å²) in [6, 6.07) is 4.74. The number of hydrogen-bond donors (Lipinski definition) is 2. The Hall–Kier alpha value is -0.770. The molecular formula is C12H16Cl2N2O. The number of amides is 1. The molecule has 0 aliphatic heterocycles. The highest BCUT2D eigenvalue weighted by atomic mass is 35.5. The molecule has 0 fully saturated rings. The van der Waals surface area contributed by atoms with E-state index in [1.54, 1.807) is 18.2 Å². The SMILES string of the molecule is CC(C)C(CN)NC(=O)c1ccc(Cl)c(Cl)c1. The standard InChI is InChI=1S/C12H16Cl2N2O/c1-7(2)11(6-15)16-12(17)8-3-4-9(13)10(14)5-8/h3-5,7,11H,6,15H2,1-2H3,(H,16,17). The molecule has 0 aliphatic rings. The average molecular weight is 275 g/mol. The van der Waals surface area contributed by atoms with E-state index in [2.05, 4.69) is 5.32 Å². The normalized spacial score (nSPS) is 12.6. The van der Waals surface area contributed by atoms with Crippen LogP contribution in [0, 0.1) is 5.92 Å². The van der Waals surface area contributed by atoms with Crippen molar-refractivity contribution in [2.24, 2.45) is 11.7 Å². The fourth-order valence-electron chi connectivity index (χ4n) is 1.39. The first-order valence-electron chi connectivity index (χ1n) is 5.41. The van der Waals surface area contributed by atoms with Crippen LogP contribution in [0.3, 0.4) is 0 Å². The zero-order valence-electron chi connectivity index (χ0n) is 9.84. The van der Waals surface area contributed by atoms with E-state index in [9.17, 15) is 4.79 Å². The van der Waals surface area contributed by atoms with Crippen molar-refractivity contribution in [3.8, 4) is 0 Å². The number of nitrogens with two attached hydrogens (primary N) is 1. The molecular weight excluding hydrogens is 259 g/mol. The number of halogens is 2. The van der Waals surface area contributed by atoms with Gasteiger partial charge in [-0.1, -0.05) is 37.0 Å². The van der Waals surface area contributed by atoms with Gasteiger partial charge in [-0.15, -0.1) is 0 Å². The van der Waals surface area contributed by atoms with Gasteiger partial charge in [0, 0.05) is 18.2 Å². The molecule has 1 aromatic carbocycles. The van der Waals surface area contributed by atoms with Gasteiger partial charge < -0.3 is 11.1 Å². The number of rotatable bonds is 4. The van der Waals surface area contributed by atoms with E-state index in [4.69, 9.17) is 28.9 Å². The predicted octanol–water partition coefficient (Wildman–Crippen LogP) is 2.71. The largest absolute Gasteiger partial charge is 0.348 e. The van der Waals surface area contributed by atoms with Crippen LogP contribution in [0.15, 0.2) is 18.2 Å². The molecule has 1 rings (SSSR count). The molecule has 1 atom stereocenters. The van der Waals surface area contributed by atoms with Gasteiger partial charge in [-0.25, -0.2) is 0 Å². The fourth-order valence-corrected chi connectivity index (χ4v) is 1.68. The summed E-state index contributed by atoms with van der Waals surface area (Å²) in [6.07, 6.45) is 0. The van der Waals surface area contributed by atoms with E-state index in [0.29, 0.717) is 22.2 Å². The van der Waals surface area contributed by atoms with Crippen molar-refractivity contribution in [1.82, 2.24) is 5.32 Å². The molecule has 3 N–H and O–H groups in total. The van der Waals surface area contributed by atoms with Gasteiger partial charge in [0.1, 0.15) is 0 Å². The topological polar surface area (TPSA) is 55.1 Å². The summed E-state index contributed by atoms with van der Waals surface area (Å²) in [6.45, 7) is 4.42. The van der Waals surface area contributed by atoms with Crippen LogP contribution in [-0.2, 0) is 0 Å². The maximum atomic E-state index is 11.9. The third-order valence-electron chi connectivity index (χ3n) is 2.56. The van der Waals surface area contributed by atoms with Crippen LogP contribution < -0.4 is 11.1 Å². The summed E-state index contributed by atoms with van der Waals surface area (Å²) >= 11 is 11.6. The van der Waals surface area contributed by atoms with Gasteiger partial charge in [0.15, 0.2) is 0 Å². The third-order valence-corrected chi connectivity index (χ3v) is 3.30. The maximum Gasteiger partial charge on any atom is 0.251 e. The van der Waals surface area contributed by atoms with E-state index in [-0.39, 0.29) is 17.9 Å². The maximum absolute atomic E-state index is 11.9. The second kappa shape index (κ2) is 6.24. The lowest BCUT2D eigenvalue weighted by Crippen LogP contribution is -2.43. The first kappa shape index (κ1) is 14.3. The van der Waals surface area contributed by atoms with Crippen molar-refractivity contribution >= 4 is 29.1 Å². The lowest BCUT2D eigenvalue weighted by atomic mass is 10.0. The van der Waals surface area contributed by atoms with Gasteiger partial charge in [0.2, 0.25) is 0 Å². The molecule has 0 heterocycles. The highest BCUT2D eigenvalue weighted by Gasteiger charge is 2.16. The van der Waals surface area contributed by atoms with E-state index in [1.165, 1.54) is 0 Å². The van der Waals surface area contributed by atoms with Crippen LogP contribution >= 0.6 is 23.2 Å². The number of carbonyl (C=O) groups excluding carboxylic acids is 1. The Morgan fingerprint density at radius 1 is 1.35 bits per heavy atom. The number of carbonyl (C=O) groups is 1. The molecule has 0 spiro atoms. The van der Waals surface area contributed by atoms with Gasteiger partial charge in [-0.05, 0) is 24.1 Å². The van der Waals surface area contributed by atoms with Crippen LogP contribution in [0.25, 0.3) is 0 Å². The quantitative estimate of drug-likeness (QED) is 0.887. The Bertz CT molecular complexity index is 407. The lowest BCUT2D eigenvalue weighted by molar-refractivity contribution is 0.0928. The van der Waals surface area contributed by atoms with Crippen LogP contribution in [0.2, 0.25) is 10.0 Å². The summed E-state index contributed by atoms with van der Waals surface area (Å²) in [5.74, 6) is 0.0967. The third kappa shape index (κ3) is 3.87. The molecule has 1 amide bonds. The van der Waals surface area contributed by atoms with Gasteiger partial charge in [-0.3, -0.25) is 4.79 Å². The van der Waals surface area contributed by atoms with Crippen LogP contribution in [0.1, 0.15) is 24.2 Å². The molecule has 0 aromatic heterocycles. The van der Waals surface area contributed by atoms with Crippen molar-refractivity contribution in [2.45, 2.75) is 19.9 Å². The second-order valence-electron chi connectivity index (χ2n) is 4.19.